The van der Waals surface area contributed by atoms with E-state index in [4.69, 9.17) is 13.9 Å². The van der Waals surface area contributed by atoms with Crippen molar-refractivity contribution >= 4 is 39.2 Å². The second-order valence-electron chi connectivity index (χ2n) is 8.81. The van der Waals surface area contributed by atoms with Gasteiger partial charge in [-0.15, -0.1) is 0 Å². The maximum atomic E-state index is 13.1. The second kappa shape index (κ2) is 8.41. The summed E-state index contributed by atoms with van der Waals surface area (Å²) in [7, 11) is 0. The highest BCUT2D eigenvalue weighted by Crippen LogP contribution is 2.35. The molecule has 3 aromatic carbocycles. The van der Waals surface area contributed by atoms with E-state index in [0.717, 1.165) is 27.3 Å². The van der Waals surface area contributed by atoms with Crippen LogP contribution in [0, 0.1) is 5.92 Å². The van der Waals surface area contributed by atoms with Crippen LogP contribution in [0.1, 0.15) is 18.4 Å². The molecule has 2 aliphatic heterocycles. The first-order chi connectivity index (χ1) is 16.7. The molecular weight excluding hydrogens is 432 g/mol. The smallest absolute Gasteiger partial charge is 0.231 e. The maximum absolute atomic E-state index is 13.1. The minimum atomic E-state index is -0.131. The summed E-state index contributed by atoms with van der Waals surface area (Å²) in [6.07, 6.45) is 3.25. The Morgan fingerprint density at radius 1 is 0.971 bits per heavy atom. The lowest BCUT2D eigenvalue weighted by molar-refractivity contribution is -0.133. The van der Waals surface area contributed by atoms with Gasteiger partial charge in [0.2, 0.25) is 18.6 Å². The molecule has 1 saturated heterocycles. The van der Waals surface area contributed by atoms with Crippen molar-refractivity contribution in [2.45, 2.75) is 19.3 Å². The van der Waals surface area contributed by atoms with Crippen LogP contribution in [0.2, 0.25) is 0 Å². The van der Waals surface area contributed by atoms with Gasteiger partial charge in [0.25, 0.3) is 0 Å². The van der Waals surface area contributed by atoms with Gasteiger partial charge in [0.1, 0.15) is 5.58 Å². The predicted molar refractivity (Wildman–Crippen MR) is 128 cm³/mol. The molecule has 2 amide bonds. The van der Waals surface area contributed by atoms with Gasteiger partial charge in [-0.25, -0.2) is 0 Å². The summed E-state index contributed by atoms with van der Waals surface area (Å²) in [6.45, 7) is 1.33. The molecule has 7 heteroatoms. The normalized spacial score (nSPS) is 15.7. The number of furan rings is 1. The summed E-state index contributed by atoms with van der Waals surface area (Å²) < 4.78 is 16.4. The molecule has 0 saturated carbocycles. The van der Waals surface area contributed by atoms with Crippen LogP contribution in [0.4, 0.5) is 5.69 Å². The SMILES string of the molecule is O=C(Nc1ccc2c(c1)OCO2)C1CCN(C(=O)Cc2coc3ccc4ccccc4c23)CC1. The summed E-state index contributed by atoms with van der Waals surface area (Å²) in [5.41, 5.74) is 2.38. The van der Waals surface area contributed by atoms with E-state index >= 15 is 0 Å². The Labute approximate surface area is 196 Å². The molecule has 3 heterocycles. The summed E-state index contributed by atoms with van der Waals surface area (Å²) in [4.78, 5) is 27.7. The van der Waals surface area contributed by atoms with Gasteiger partial charge < -0.3 is 24.1 Å². The number of nitrogens with one attached hydrogen (secondary N) is 1. The van der Waals surface area contributed by atoms with Crippen molar-refractivity contribution < 1.29 is 23.5 Å². The molecule has 34 heavy (non-hydrogen) atoms. The number of rotatable bonds is 4. The van der Waals surface area contributed by atoms with Crippen LogP contribution in [-0.4, -0.2) is 36.6 Å². The van der Waals surface area contributed by atoms with Crippen molar-refractivity contribution in [3.63, 3.8) is 0 Å². The largest absolute Gasteiger partial charge is 0.464 e. The van der Waals surface area contributed by atoms with Gasteiger partial charge in [-0.2, -0.15) is 0 Å². The lowest BCUT2D eigenvalue weighted by Crippen LogP contribution is -2.42. The molecule has 7 nitrogen and oxygen atoms in total. The third-order valence-corrected chi connectivity index (χ3v) is 6.74. The van der Waals surface area contributed by atoms with Gasteiger partial charge in [0.15, 0.2) is 11.5 Å². The van der Waals surface area contributed by atoms with Crippen molar-refractivity contribution in [3.05, 3.63) is 66.4 Å². The zero-order chi connectivity index (χ0) is 23.1. The van der Waals surface area contributed by atoms with Gasteiger partial charge >= 0.3 is 0 Å². The van der Waals surface area contributed by atoms with Crippen LogP contribution in [0.25, 0.3) is 21.7 Å². The van der Waals surface area contributed by atoms with E-state index in [1.807, 2.05) is 35.2 Å². The molecular formula is C27H24N2O5. The van der Waals surface area contributed by atoms with Crippen molar-refractivity contribution in [2.24, 2.45) is 5.92 Å². The van der Waals surface area contributed by atoms with Crippen LogP contribution in [0.15, 0.2) is 65.3 Å². The minimum absolute atomic E-state index is 0.0294. The molecule has 0 bridgehead atoms. The van der Waals surface area contributed by atoms with Gasteiger partial charge in [-0.05, 0) is 41.8 Å². The molecule has 1 N–H and O–H groups in total. The molecule has 6 rings (SSSR count). The van der Waals surface area contributed by atoms with Crippen LogP contribution in [0.3, 0.4) is 0 Å². The van der Waals surface area contributed by atoms with Crippen LogP contribution >= 0.6 is 0 Å². The first-order valence-electron chi connectivity index (χ1n) is 11.5. The first kappa shape index (κ1) is 20.6. The third-order valence-electron chi connectivity index (χ3n) is 6.74. The Hall–Kier alpha value is -4.00. The lowest BCUT2D eigenvalue weighted by Gasteiger charge is -2.31. The summed E-state index contributed by atoms with van der Waals surface area (Å²) in [5, 5.41) is 6.19. The highest BCUT2D eigenvalue weighted by atomic mass is 16.7. The van der Waals surface area contributed by atoms with Crippen molar-refractivity contribution in [1.82, 2.24) is 4.90 Å². The Balaban J connectivity index is 1.09. The van der Waals surface area contributed by atoms with Crippen molar-refractivity contribution in [1.29, 1.82) is 0 Å². The van der Waals surface area contributed by atoms with E-state index in [-0.39, 0.29) is 30.9 Å². The van der Waals surface area contributed by atoms with E-state index in [1.54, 1.807) is 18.4 Å². The molecule has 172 valence electrons. The van der Waals surface area contributed by atoms with Crippen molar-refractivity contribution in [3.8, 4) is 11.5 Å². The fourth-order valence-electron chi connectivity index (χ4n) is 4.89. The molecule has 1 aromatic heterocycles. The molecule has 0 radical (unpaired) electrons. The summed E-state index contributed by atoms with van der Waals surface area (Å²) in [6, 6.07) is 17.5. The number of hydrogen-bond acceptors (Lipinski definition) is 5. The monoisotopic (exact) mass is 456 g/mol. The zero-order valence-electron chi connectivity index (χ0n) is 18.6. The molecule has 2 aliphatic rings. The Morgan fingerprint density at radius 2 is 1.79 bits per heavy atom. The fourth-order valence-corrected chi connectivity index (χ4v) is 4.89. The Kier molecular flexibility index (Phi) is 5.09. The number of likely N-dealkylation sites (tertiary alicyclic amines) is 1. The fraction of sp³-hybridized carbons (Fsp3) is 0.259. The number of piperidine rings is 1. The summed E-state index contributed by atoms with van der Waals surface area (Å²) in [5.74, 6) is 1.22. The summed E-state index contributed by atoms with van der Waals surface area (Å²) >= 11 is 0. The molecule has 1 fully saturated rings. The van der Waals surface area contributed by atoms with Gasteiger partial charge in [0.05, 0.1) is 12.7 Å². The maximum Gasteiger partial charge on any atom is 0.231 e. The number of fused-ring (bicyclic) bond motifs is 4. The van der Waals surface area contributed by atoms with E-state index in [0.29, 0.717) is 43.1 Å². The van der Waals surface area contributed by atoms with Crippen LogP contribution in [0.5, 0.6) is 11.5 Å². The van der Waals surface area contributed by atoms with Crippen LogP contribution < -0.4 is 14.8 Å². The Morgan fingerprint density at radius 3 is 2.68 bits per heavy atom. The molecule has 4 aromatic rings. The van der Waals surface area contributed by atoms with Crippen LogP contribution in [-0.2, 0) is 16.0 Å². The number of amides is 2. The number of anilines is 1. The van der Waals surface area contributed by atoms with E-state index < -0.39 is 0 Å². The topological polar surface area (TPSA) is 81.0 Å². The molecule has 0 atom stereocenters. The van der Waals surface area contributed by atoms with Crippen molar-refractivity contribution in [2.75, 3.05) is 25.2 Å². The number of hydrogen-bond donors (Lipinski definition) is 1. The van der Waals surface area contributed by atoms with E-state index in [2.05, 4.69) is 17.4 Å². The van der Waals surface area contributed by atoms with E-state index in [9.17, 15) is 9.59 Å². The Bertz CT molecular complexity index is 1400. The van der Waals surface area contributed by atoms with Gasteiger partial charge in [-0.1, -0.05) is 30.3 Å². The third kappa shape index (κ3) is 3.73. The molecule has 0 unspecified atom stereocenters. The molecule has 0 spiro atoms. The quantitative estimate of drug-likeness (QED) is 0.480. The lowest BCUT2D eigenvalue weighted by atomic mass is 9.95. The number of carbonyl (C=O) groups excluding carboxylic acids is 2. The average Bonchev–Trinajstić information content (AvgIpc) is 3.51. The average molecular weight is 456 g/mol. The second-order valence-corrected chi connectivity index (χ2v) is 8.81. The standard InChI is InChI=1S/C27H24N2O5/c30-25(13-19-15-32-23-7-5-17-3-1-2-4-21(17)26(19)23)29-11-9-18(10-12-29)27(31)28-20-6-8-22-24(14-20)34-16-33-22/h1-8,14-15,18H,9-13,16H2,(H,28,31). The van der Waals surface area contributed by atoms with E-state index in [1.165, 1.54) is 0 Å². The number of nitrogens with zero attached hydrogens (tertiary/aromatic N) is 1. The predicted octanol–water partition coefficient (Wildman–Crippen LogP) is 4.73. The highest BCUT2D eigenvalue weighted by Gasteiger charge is 2.28. The number of benzene rings is 3. The minimum Gasteiger partial charge on any atom is -0.464 e. The van der Waals surface area contributed by atoms with Gasteiger partial charge in [-0.3, -0.25) is 9.59 Å². The zero-order valence-corrected chi connectivity index (χ0v) is 18.6. The first-order valence-corrected chi connectivity index (χ1v) is 11.5. The molecule has 0 aliphatic carbocycles. The van der Waals surface area contributed by atoms with Gasteiger partial charge in [0, 0.05) is 41.7 Å². The highest BCUT2D eigenvalue weighted by molar-refractivity contribution is 6.08. The number of carbonyl (C=O) groups is 2. The number of ether oxygens (including phenoxy) is 2.